The summed E-state index contributed by atoms with van der Waals surface area (Å²) in [5.74, 6) is 6.69. The van der Waals surface area contributed by atoms with E-state index in [1.807, 2.05) is 0 Å². The Morgan fingerprint density at radius 3 is 1.68 bits per heavy atom. The number of alkyl carbamates (subject to hydrolysis) is 2. The summed E-state index contributed by atoms with van der Waals surface area (Å²) in [6.07, 6.45) is 1.76. The fourth-order valence-electron chi connectivity index (χ4n) is 2.32. The van der Waals surface area contributed by atoms with Crippen LogP contribution >= 0.6 is 94.1 Å². The molecule has 0 aliphatic rings. The Labute approximate surface area is 312 Å². The molecule has 0 aromatic heterocycles. The molecule has 4 N–H and O–H groups in total. The Morgan fingerprint density at radius 1 is 0.553 bits per heavy atom. The van der Waals surface area contributed by atoms with Crippen LogP contribution < -0.4 is 10.6 Å². The Bertz CT molecular complexity index is 758. The third-order valence-electron chi connectivity index (χ3n) is 4.28. The van der Waals surface area contributed by atoms with Crippen LogP contribution in [0, 0.1) is 0 Å². The summed E-state index contributed by atoms with van der Waals surface area (Å²) in [4.78, 5) is 51.1. The maximum Gasteiger partial charge on any atom is 0.407 e. The lowest BCUT2D eigenvalue weighted by Gasteiger charge is -2.06. The second kappa shape index (κ2) is 42.3. The molecule has 0 saturated heterocycles. The lowest BCUT2D eigenvalue weighted by molar-refractivity contribution is -0.210. The van der Waals surface area contributed by atoms with E-state index in [1.54, 1.807) is 70.6 Å². The van der Waals surface area contributed by atoms with Gasteiger partial charge in [0.05, 0.1) is 26.3 Å². The first-order valence-electron chi connectivity index (χ1n) is 14.4. The number of carbonyl (C=O) groups excluding carboxylic acids is 2. The highest BCUT2D eigenvalue weighted by atomic mass is 32.2. The van der Waals surface area contributed by atoms with Gasteiger partial charge >= 0.3 is 12.2 Å². The van der Waals surface area contributed by atoms with Crippen LogP contribution in [0.25, 0.3) is 0 Å². The van der Waals surface area contributed by atoms with Crippen molar-refractivity contribution >= 4 is 119 Å². The van der Waals surface area contributed by atoms with Crippen molar-refractivity contribution in [3.8, 4) is 0 Å². The number of nitrogens with one attached hydrogen (secondary N) is 2. The highest BCUT2D eigenvalue weighted by molar-refractivity contribution is 8.16. The molecule has 22 heteroatoms. The van der Waals surface area contributed by atoms with E-state index in [1.165, 1.54) is 36.3 Å². The Kier molecular flexibility index (Phi) is 42.4. The second-order valence-electron chi connectivity index (χ2n) is 7.88. The number of carbonyl (C=O) groups is 2. The Morgan fingerprint density at radius 2 is 1.06 bits per heavy atom. The molecule has 0 heterocycles. The van der Waals surface area contributed by atoms with E-state index in [4.69, 9.17) is 39.2 Å². The van der Waals surface area contributed by atoms with Crippen LogP contribution in [0.1, 0.15) is 0 Å². The minimum Gasteiger partial charge on any atom is -0.449 e. The molecule has 2 amide bonds. The average molecular weight is 821 g/mol. The SMILES string of the molecule is O=C(NCCSCSCC/N=C/OOCSCSCOC(=O)NCCSCSCC/N=C/OOCCSCCO)OCCSCCO. The summed E-state index contributed by atoms with van der Waals surface area (Å²) in [5, 5.41) is 25.3. The van der Waals surface area contributed by atoms with Crippen molar-refractivity contribution in [2.75, 3.05) is 126 Å². The van der Waals surface area contributed by atoms with Crippen molar-refractivity contribution in [2.45, 2.75) is 0 Å². The molecule has 0 saturated carbocycles. The fourth-order valence-corrected chi connectivity index (χ4v) is 8.49. The summed E-state index contributed by atoms with van der Waals surface area (Å²) in [7, 11) is 0. The van der Waals surface area contributed by atoms with Gasteiger partial charge in [0.1, 0.15) is 25.1 Å². The summed E-state index contributed by atoms with van der Waals surface area (Å²) >= 11 is 13.1. The Balaban J connectivity index is 3.27. The number of rotatable bonds is 36. The van der Waals surface area contributed by atoms with Gasteiger partial charge in [0.15, 0.2) is 0 Å². The zero-order valence-electron chi connectivity index (χ0n) is 26.3. The predicted octanol–water partition coefficient (Wildman–Crippen LogP) is 4.03. The lowest BCUT2D eigenvalue weighted by atomic mass is 10.7. The molecule has 47 heavy (non-hydrogen) atoms. The van der Waals surface area contributed by atoms with E-state index in [-0.39, 0.29) is 19.2 Å². The highest BCUT2D eigenvalue weighted by Crippen LogP contribution is 2.13. The topological polar surface area (TPSA) is 179 Å². The zero-order valence-corrected chi connectivity index (χ0v) is 32.9. The number of nitrogens with zero attached hydrogens (tertiary/aromatic N) is 2. The smallest absolute Gasteiger partial charge is 0.407 e. The molecule has 0 aliphatic carbocycles. The molecule has 0 aromatic rings. The average Bonchev–Trinajstić information content (AvgIpc) is 3.07. The molecule has 0 atom stereocenters. The summed E-state index contributed by atoms with van der Waals surface area (Å²) < 4.78 is 10.2. The van der Waals surface area contributed by atoms with Gasteiger partial charge in [-0.25, -0.2) is 9.59 Å². The van der Waals surface area contributed by atoms with Crippen molar-refractivity contribution in [1.29, 1.82) is 0 Å². The minimum absolute atomic E-state index is 0.132. The minimum atomic E-state index is -0.428. The van der Waals surface area contributed by atoms with Crippen LogP contribution in [0.4, 0.5) is 9.59 Å². The van der Waals surface area contributed by atoms with Crippen LogP contribution in [0.15, 0.2) is 9.98 Å². The number of hydrogen-bond donors (Lipinski definition) is 4. The zero-order chi connectivity index (χ0) is 34.1. The summed E-state index contributed by atoms with van der Waals surface area (Å²) in [6, 6.07) is 0. The molecule has 0 unspecified atom stereocenters. The van der Waals surface area contributed by atoms with Crippen molar-refractivity contribution in [3.05, 3.63) is 0 Å². The molecular formula is C25H48N4O10S8. The number of hydrogen-bond acceptors (Lipinski definition) is 20. The summed E-state index contributed by atoms with van der Waals surface area (Å²) in [6.45, 7) is 3.44. The van der Waals surface area contributed by atoms with Gasteiger partial charge in [-0.15, -0.1) is 70.6 Å². The van der Waals surface area contributed by atoms with Gasteiger partial charge in [-0.05, 0) is 0 Å². The first-order chi connectivity index (χ1) is 23.2. The van der Waals surface area contributed by atoms with E-state index in [0.717, 1.165) is 38.9 Å². The summed E-state index contributed by atoms with van der Waals surface area (Å²) in [5.41, 5.74) is 0. The highest BCUT2D eigenvalue weighted by Gasteiger charge is 2.02. The van der Waals surface area contributed by atoms with E-state index in [0.29, 0.717) is 67.7 Å². The number of aliphatic hydroxyl groups is 2. The molecule has 0 fully saturated rings. The van der Waals surface area contributed by atoms with E-state index < -0.39 is 12.2 Å². The largest absolute Gasteiger partial charge is 0.449 e. The second-order valence-corrected chi connectivity index (χ2v) is 17.7. The molecule has 14 nitrogen and oxygen atoms in total. The molecule has 0 aromatic carbocycles. The van der Waals surface area contributed by atoms with Crippen LogP contribution in [-0.2, 0) is 29.0 Å². The van der Waals surface area contributed by atoms with E-state index in [9.17, 15) is 9.59 Å². The number of amides is 2. The molecular weight excluding hydrogens is 773 g/mol. The van der Waals surface area contributed by atoms with Gasteiger partial charge < -0.3 is 40.1 Å². The molecule has 0 spiro atoms. The molecule has 276 valence electrons. The first kappa shape index (κ1) is 47.1. The van der Waals surface area contributed by atoms with Crippen LogP contribution in [-0.4, -0.2) is 161 Å². The third kappa shape index (κ3) is 42.2. The van der Waals surface area contributed by atoms with Gasteiger partial charge in [0.2, 0.25) is 12.8 Å². The quantitative estimate of drug-likeness (QED) is 0.0178. The van der Waals surface area contributed by atoms with Gasteiger partial charge in [-0.2, -0.15) is 33.3 Å². The monoisotopic (exact) mass is 820 g/mol. The van der Waals surface area contributed by atoms with E-state index in [2.05, 4.69) is 20.6 Å². The van der Waals surface area contributed by atoms with Gasteiger partial charge in [-0.1, -0.05) is 0 Å². The van der Waals surface area contributed by atoms with Crippen molar-refractivity contribution in [1.82, 2.24) is 10.6 Å². The first-order valence-corrected chi connectivity index (χ1v) is 23.6. The number of aliphatic hydroxyl groups excluding tert-OH is 2. The normalized spacial score (nSPS) is 11.3. The Hall–Kier alpha value is 0.120. The van der Waals surface area contributed by atoms with Gasteiger partial charge in [-0.3, -0.25) is 9.98 Å². The van der Waals surface area contributed by atoms with Crippen LogP contribution in [0.2, 0.25) is 0 Å². The fraction of sp³-hybridized carbons (Fsp3) is 0.840. The lowest BCUT2D eigenvalue weighted by Crippen LogP contribution is -2.27. The molecule has 0 radical (unpaired) electrons. The number of aliphatic imine (C=N–C) groups is 2. The van der Waals surface area contributed by atoms with Crippen LogP contribution in [0.5, 0.6) is 0 Å². The van der Waals surface area contributed by atoms with Crippen molar-refractivity contribution < 1.29 is 48.8 Å². The van der Waals surface area contributed by atoms with Gasteiger partial charge in [0.25, 0.3) is 0 Å². The standard InChI is InChI=1S/C25H48N4O10S8/c30-5-13-40-15-7-34-24(32)28-3-11-44-21-43-10-2-27-18-38-39-20-47-23-46-19-35-25(33)29-4-12-45-22-42-9-1-26-17-37-36-8-16-41-14-6-31/h17-18,30-31H,1-16,19-23H2,(H,28,32)(H,29,33)/b26-17+,27-18+. The van der Waals surface area contributed by atoms with Gasteiger partial charge in [0, 0.05) is 74.4 Å². The van der Waals surface area contributed by atoms with Crippen LogP contribution in [0.3, 0.4) is 0 Å². The van der Waals surface area contributed by atoms with Crippen molar-refractivity contribution in [3.63, 3.8) is 0 Å². The number of thioether (sulfide) groups is 8. The molecule has 0 rings (SSSR count). The predicted molar refractivity (Wildman–Crippen MR) is 208 cm³/mol. The maximum atomic E-state index is 11.7. The third-order valence-corrected chi connectivity index (χ3v) is 12.6. The van der Waals surface area contributed by atoms with Crippen molar-refractivity contribution in [2.24, 2.45) is 9.98 Å². The molecule has 0 bridgehead atoms. The molecule has 0 aliphatic heterocycles. The van der Waals surface area contributed by atoms with E-state index >= 15 is 0 Å². The maximum absolute atomic E-state index is 11.7. The number of ether oxygens (including phenoxy) is 2.